The van der Waals surface area contributed by atoms with Crippen LogP contribution in [-0.2, 0) is 22.2 Å². The summed E-state index contributed by atoms with van der Waals surface area (Å²) in [6.45, 7) is 9.68. The van der Waals surface area contributed by atoms with Crippen molar-refractivity contribution in [1.82, 2.24) is 4.90 Å². The molecule has 0 bridgehead atoms. The molecule has 0 aromatic heterocycles. The van der Waals surface area contributed by atoms with Crippen molar-refractivity contribution < 1.29 is 9.59 Å². The highest BCUT2D eigenvalue weighted by Gasteiger charge is 2.52. The van der Waals surface area contributed by atoms with Crippen LogP contribution in [0.15, 0.2) is 4.99 Å². The van der Waals surface area contributed by atoms with Crippen molar-refractivity contribution in [3.63, 3.8) is 0 Å². The topological polar surface area (TPSA) is 49.7 Å². The molecule has 0 spiro atoms. The number of amidine groups is 1. The molecule has 0 saturated heterocycles. The molecule has 19 heavy (non-hydrogen) atoms. The monoisotopic (exact) mass is 283 g/mol. The highest BCUT2D eigenvalue weighted by molar-refractivity contribution is 7.77. The predicted molar refractivity (Wildman–Crippen MR) is 78.6 cm³/mol. The van der Waals surface area contributed by atoms with E-state index in [4.69, 9.17) is 12.6 Å². The minimum Gasteiger partial charge on any atom is -0.742 e. The lowest BCUT2D eigenvalue weighted by Gasteiger charge is -2.45. The van der Waals surface area contributed by atoms with Gasteiger partial charge in [0, 0.05) is 6.04 Å². The van der Waals surface area contributed by atoms with Crippen LogP contribution in [0.2, 0.25) is 0 Å². The molecule has 0 aromatic carbocycles. The van der Waals surface area contributed by atoms with Gasteiger partial charge in [0.2, 0.25) is 5.91 Å². The third-order valence-electron chi connectivity index (χ3n) is 4.02. The first-order valence-electron chi connectivity index (χ1n) is 6.96. The second kappa shape index (κ2) is 5.99. The highest BCUT2D eigenvalue weighted by Crippen LogP contribution is 2.40. The van der Waals surface area contributed by atoms with E-state index in [0.717, 1.165) is 12.8 Å². The van der Waals surface area contributed by atoms with Gasteiger partial charge >= 0.3 is 0 Å². The number of hydrogen-bond acceptors (Lipinski definition) is 3. The Morgan fingerprint density at radius 2 is 1.84 bits per heavy atom. The molecule has 108 valence electrons. The molecular weight excluding hydrogens is 260 g/mol. The molecule has 0 aromatic rings. The van der Waals surface area contributed by atoms with Crippen molar-refractivity contribution in [3.8, 4) is 0 Å². The van der Waals surface area contributed by atoms with Gasteiger partial charge in [-0.05, 0) is 37.8 Å². The Hall–Kier alpha value is -0.970. The normalized spacial score (nSPS) is 25.8. The Morgan fingerprint density at radius 1 is 1.26 bits per heavy atom. The molecule has 0 aliphatic carbocycles. The lowest BCUT2D eigenvalue weighted by Crippen LogP contribution is -2.58. The summed E-state index contributed by atoms with van der Waals surface area (Å²) in [6, 6.07) is -0.0726. The fourth-order valence-corrected chi connectivity index (χ4v) is 3.22. The molecule has 1 heterocycles. The third kappa shape index (κ3) is 2.53. The van der Waals surface area contributed by atoms with Gasteiger partial charge in [-0.1, -0.05) is 27.2 Å². The summed E-state index contributed by atoms with van der Waals surface area (Å²) in [6.07, 6.45) is 2.25. The number of carbonyl (C=O) groups is 2. The van der Waals surface area contributed by atoms with E-state index in [1.807, 2.05) is 27.7 Å². The number of rotatable bonds is 5. The third-order valence-corrected chi connectivity index (χ3v) is 4.31. The quantitative estimate of drug-likeness (QED) is 0.575. The lowest BCUT2D eigenvalue weighted by molar-refractivity contribution is -0.153. The zero-order valence-corrected chi connectivity index (χ0v) is 13.2. The summed E-state index contributed by atoms with van der Waals surface area (Å²) in [4.78, 5) is 30.6. The summed E-state index contributed by atoms with van der Waals surface area (Å²) in [7, 11) is 0. The van der Waals surface area contributed by atoms with Gasteiger partial charge in [-0.15, -0.1) is 0 Å². The van der Waals surface area contributed by atoms with Crippen LogP contribution in [0.1, 0.15) is 53.9 Å². The molecule has 5 heteroatoms. The van der Waals surface area contributed by atoms with E-state index in [-0.39, 0.29) is 28.9 Å². The van der Waals surface area contributed by atoms with Crippen LogP contribution in [0, 0.1) is 11.3 Å². The van der Waals surface area contributed by atoms with Gasteiger partial charge in [0.15, 0.2) is 0 Å². The lowest BCUT2D eigenvalue weighted by atomic mass is 9.69. The Balaban J connectivity index is 3.31. The van der Waals surface area contributed by atoms with E-state index in [1.54, 1.807) is 0 Å². The molecular formula is C14H23N2O2S-. The first-order chi connectivity index (χ1) is 8.82. The van der Waals surface area contributed by atoms with Gasteiger partial charge in [-0.2, -0.15) is 0 Å². The van der Waals surface area contributed by atoms with Crippen LogP contribution in [0.5, 0.6) is 0 Å². The van der Waals surface area contributed by atoms with E-state index in [9.17, 15) is 9.59 Å². The zero-order chi connectivity index (χ0) is 14.8. The Labute approximate surface area is 121 Å². The van der Waals surface area contributed by atoms with Crippen molar-refractivity contribution in [2.45, 2.75) is 59.9 Å². The molecule has 1 rings (SSSR count). The largest absolute Gasteiger partial charge is 0.742 e. The second-order valence-corrected chi connectivity index (χ2v) is 5.85. The molecule has 2 atom stereocenters. The van der Waals surface area contributed by atoms with Gasteiger partial charge in [0.05, 0.1) is 0 Å². The van der Waals surface area contributed by atoms with Crippen LogP contribution in [0.3, 0.4) is 0 Å². The van der Waals surface area contributed by atoms with Crippen molar-refractivity contribution in [2.24, 2.45) is 16.3 Å². The molecule has 1 aliphatic heterocycles. The minimum atomic E-state index is -1.03. The van der Waals surface area contributed by atoms with E-state index < -0.39 is 5.41 Å². The van der Waals surface area contributed by atoms with Crippen molar-refractivity contribution in [3.05, 3.63) is 0 Å². The van der Waals surface area contributed by atoms with Crippen LogP contribution in [-0.4, -0.2) is 27.9 Å². The molecule has 4 nitrogen and oxygen atoms in total. The van der Waals surface area contributed by atoms with E-state index in [0.29, 0.717) is 6.42 Å². The standard InChI is InChI=1S/C14H24N2O2S/c1-6-8-10(5)14(7-2)11(17)15-13(19)16(9(3)4)12(14)18/h9-10H,6-8H2,1-5H3,(H,15,17,19)/p-1. The molecule has 0 saturated carbocycles. The van der Waals surface area contributed by atoms with E-state index >= 15 is 0 Å². The first kappa shape index (κ1) is 16.1. The number of hydrogen-bond donors (Lipinski definition) is 0. The SMILES string of the molecule is CCCC(C)C1(CC)C(=O)N=C([S-])N(C(C)C)C1=O. The zero-order valence-electron chi connectivity index (χ0n) is 12.4. The van der Waals surface area contributed by atoms with Crippen molar-refractivity contribution in [1.29, 1.82) is 0 Å². The molecule has 0 fully saturated rings. The maximum absolute atomic E-state index is 12.8. The molecule has 0 radical (unpaired) electrons. The first-order valence-corrected chi connectivity index (χ1v) is 7.37. The fourth-order valence-electron chi connectivity index (χ4n) is 2.84. The Bertz CT molecular complexity index is 406. The maximum atomic E-state index is 12.8. The second-order valence-electron chi connectivity index (χ2n) is 5.48. The maximum Gasteiger partial charge on any atom is 0.261 e. The fraction of sp³-hybridized carbons (Fsp3) is 0.786. The molecule has 2 amide bonds. The average Bonchev–Trinajstić information content (AvgIpc) is 2.29. The summed E-state index contributed by atoms with van der Waals surface area (Å²) >= 11 is 5.08. The number of nitrogens with zero attached hydrogens (tertiary/aromatic N) is 2. The van der Waals surface area contributed by atoms with Crippen LogP contribution in [0.25, 0.3) is 0 Å². The van der Waals surface area contributed by atoms with Crippen LogP contribution < -0.4 is 0 Å². The molecule has 1 aliphatic rings. The van der Waals surface area contributed by atoms with E-state index in [1.165, 1.54) is 4.90 Å². The van der Waals surface area contributed by atoms with E-state index in [2.05, 4.69) is 11.9 Å². The smallest absolute Gasteiger partial charge is 0.261 e. The van der Waals surface area contributed by atoms with Crippen LogP contribution in [0.4, 0.5) is 0 Å². The number of carbonyl (C=O) groups excluding carboxylic acids is 2. The minimum absolute atomic E-state index is 0.0180. The molecule has 2 unspecified atom stereocenters. The van der Waals surface area contributed by atoms with Gasteiger partial charge in [0.25, 0.3) is 5.91 Å². The van der Waals surface area contributed by atoms with Gasteiger partial charge in [0.1, 0.15) is 5.41 Å². The van der Waals surface area contributed by atoms with Gasteiger partial charge in [-0.3, -0.25) is 9.59 Å². The summed E-state index contributed by atoms with van der Waals surface area (Å²) in [5.74, 6) is -0.547. The highest BCUT2D eigenvalue weighted by atomic mass is 32.1. The summed E-state index contributed by atoms with van der Waals surface area (Å²) < 4.78 is 0. The average molecular weight is 283 g/mol. The van der Waals surface area contributed by atoms with Crippen LogP contribution >= 0.6 is 0 Å². The summed E-state index contributed by atoms with van der Waals surface area (Å²) in [5.41, 5.74) is -1.03. The Kier molecular flexibility index (Phi) is 5.07. The number of aliphatic imine (C=N–C) groups is 1. The van der Waals surface area contributed by atoms with Crippen molar-refractivity contribution >= 4 is 29.6 Å². The Morgan fingerprint density at radius 3 is 2.26 bits per heavy atom. The molecule has 0 N–H and O–H groups in total. The van der Waals surface area contributed by atoms with Gasteiger partial charge < -0.3 is 17.5 Å². The van der Waals surface area contributed by atoms with Gasteiger partial charge in [-0.25, -0.2) is 4.99 Å². The summed E-state index contributed by atoms with van der Waals surface area (Å²) in [5, 5.41) is 0.109. The number of amides is 2. The van der Waals surface area contributed by atoms with Crippen molar-refractivity contribution in [2.75, 3.05) is 0 Å². The predicted octanol–water partition coefficient (Wildman–Crippen LogP) is 2.50.